The molecule has 4 nitrogen and oxygen atoms in total. The van der Waals surface area contributed by atoms with E-state index in [-0.39, 0.29) is 0 Å². The summed E-state index contributed by atoms with van der Waals surface area (Å²) < 4.78 is 20.0. The fourth-order valence-electron chi connectivity index (χ4n) is 5.95. The Morgan fingerprint density at radius 1 is 0.553 bits per heavy atom. The maximum absolute atomic E-state index is 6.42. The lowest BCUT2D eigenvalue weighted by molar-refractivity contribution is -0.762. The number of thiazole rings is 2. The number of para-hydroxylation sites is 2. The van der Waals surface area contributed by atoms with Gasteiger partial charge in [-0.3, -0.25) is 0 Å². The van der Waals surface area contributed by atoms with Gasteiger partial charge in [-0.25, -0.2) is 0 Å². The number of ether oxygens (including phenoxy) is 2. The van der Waals surface area contributed by atoms with Crippen LogP contribution in [0.4, 0.5) is 0 Å². The van der Waals surface area contributed by atoms with Gasteiger partial charge in [0, 0.05) is 39.8 Å². The molecule has 186 valence electrons. The van der Waals surface area contributed by atoms with Crippen LogP contribution >= 0.6 is 22.7 Å². The van der Waals surface area contributed by atoms with Crippen LogP contribution in [-0.2, 0) is 11.4 Å². The Balaban J connectivity index is 1.29. The lowest BCUT2D eigenvalue weighted by Gasteiger charge is -2.26. The third kappa shape index (κ3) is 3.01. The number of nitrogens with zero attached hydrogens (tertiary/aromatic N) is 2. The van der Waals surface area contributed by atoms with Crippen LogP contribution in [0.2, 0.25) is 0 Å². The Hall–Kier alpha value is -3.74. The van der Waals surface area contributed by atoms with Crippen molar-refractivity contribution >= 4 is 43.1 Å². The quantitative estimate of drug-likeness (QED) is 0.201. The van der Waals surface area contributed by atoms with Crippen molar-refractivity contribution in [2.45, 2.75) is 39.1 Å². The van der Waals surface area contributed by atoms with Crippen molar-refractivity contribution in [1.82, 2.24) is 0 Å². The maximum Gasteiger partial charge on any atom is 0.307 e. The molecule has 0 N–H and O–H groups in total. The second-order valence-corrected chi connectivity index (χ2v) is 13.0. The van der Waals surface area contributed by atoms with Crippen molar-refractivity contribution in [3.05, 3.63) is 84.9 Å². The van der Waals surface area contributed by atoms with Crippen LogP contribution in [-0.4, -0.2) is 0 Å². The first kappa shape index (κ1) is 22.3. The number of rotatable bonds is 1. The molecule has 38 heavy (non-hydrogen) atoms. The maximum atomic E-state index is 6.42. The fourth-order valence-corrected chi connectivity index (χ4v) is 8.65. The number of hydrogen-bond donors (Lipinski definition) is 0. The van der Waals surface area contributed by atoms with Gasteiger partial charge in [-0.2, -0.15) is 0 Å². The molecule has 0 aliphatic carbocycles. The number of fused-ring (bicyclic) bond motifs is 10. The van der Waals surface area contributed by atoms with Gasteiger partial charge < -0.3 is 9.47 Å². The molecular weight excluding hydrogens is 508 g/mol. The largest absolute Gasteiger partial charge is 0.431 e. The number of hydrogen-bond acceptors (Lipinski definition) is 4. The summed E-state index contributed by atoms with van der Waals surface area (Å²) in [6.45, 7) is 8.56. The summed E-state index contributed by atoms with van der Waals surface area (Å²) >= 11 is 3.67. The monoisotopic (exact) mass is 534 g/mol. The minimum absolute atomic E-state index is 0.458. The molecule has 0 fully saturated rings. The van der Waals surface area contributed by atoms with Gasteiger partial charge in [0.25, 0.3) is 10.0 Å². The first-order valence-corrected chi connectivity index (χ1v) is 14.5. The smallest absolute Gasteiger partial charge is 0.307 e. The Bertz CT molecular complexity index is 1810. The third-order valence-electron chi connectivity index (χ3n) is 7.59. The van der Waals surface area contributed by atoms with Crippen LogP contribution in [0.15, 0.2) is 84.9 Å². The molecule has 0 radical (unpaired) electrons. The summed E-state index contributed by atoms with van der Waals surface area (Å²) in [6.07, 6.45) is 0. The summed E-state index contributed by atoms with van der Waals surface area (Å²) in [5, 5.41) is 2.48. The third-order valence-corrected chi connectivity index (χ3v) is 9.87. The SMILES string of the molecule is CC1(C)Oc2ccccc2-c2sc3cc(-c4ccc5c(c4)sc4[n+]5C(C)(C)Oc5ccccc5-4)ccc3[n+]21. The molecule has 0 bridgehead atoms. The highest BCUT2D eigenvalue weighted by Gasteiger charge is 2.45. The molecular formula is C32H26N2O2S2+2. The van der Waals surface area contributed by atoms with Gasteiger partial charge in [-0.1, -0.05) is 46.9 Å². The lowest BCUT2D eigenvalue weighted by atomic mass is 10.0. The predicted octanol–water partition coefficient (Wildman–Crippen LogP) is 7.86. The van der Waals surface area contributed by atoms with E-state index in [1.165, 1.54) is 41.6 Å². The molecule has 0 amide bonds. The van der Waals surface area contributed by atoms with E-state index in [4.69, 9.17) is 9.47 Å². The molecule has 0 saturated carbocycles. The van der Waals surface area contributed by atoms with Crippen LogP contribution in [0.1, 0.15) is 27.7 Å². The van der Waals surface area contributed by atoms with Crippen molar-refractivity contribution in [2.75, 3.05) is 0 Å². The zero-order valence-electron chi connectivity index (χ0n) is 21.6. The first-order valence-electron chi connectivity index (χ1n) is 12.9. The van der Waals surface area contributed by atoms with Crippen LogP contribution in [0.3, 0.4) is 0 Å². The van der Waals surface area contributed by atoms with E-state index in [1.54, 1.807) is 0 Å². The summed E-state index contributed by atoms with van der Waals surface area (Å²) in [5.41, 5.74) is 6.24. The van der Waals surface area contributed by atoms with E-state index in [2.05, 4.69) is 110 Å². The second-order valence-electron chi connectivity index (χ2n) is 10.9. The van der Waals surface area contributed by atoms with Crippen molar-refractivity contribution in [3.63, 3.8) is 0 Å². The van der Waals surface area contributed by atoms with E-state index in [0.29, 0.717) is 0 Å². The zero-order valence-corrected chi connectivity index (χ0v) is 23.2. The molecule has 6 aromatic rings. The number of benzene rings is 4. The van der Waals surface area contributed by atoms with Crippen molar-refractivity contribution < 1.29 is 18.6 Å². The molecule has 2 aliphatic heterocycles. The molecule has 0 spiro atoms. The standard InChI is InChI=1S/C32H26N2O2S2/c1-31(2)33-23-15-13-19(17-27(23)37-29(33)21-9-5-7-11-25(21)35-31)20-14-16-24-28(18-20)38-30-22-10-6-8-12-26(22)36-32(3,4)34(24)30/h5-18H,1-4H3/q+2. The van der Waals surface area contributed by atoms with Gasteiger partial charge in [0.2, 0.25) is 11.0 Å². The van der Waals surface area contributed by atoms with Crippen molar-refractivity contribution in [3.8, 4) is 43.8 Å². The van der Waals surface area contributed by atoms with E-state index in [0.717, 1.165) is 22.6 Å². The molecule has 2 aliphatic rings. The van der Waals surface area contributed by atoms with Gasteiger partial charge >= 0.3 is 11.4 Å². The van der Waals surface area contributed by atoms with Crippen molar-refractivity contribution in [2.24, 2.45) is 0 Å². The molecule has 6 heteroatoms. The highest BCUT2D eigenvalue weighted by Crippen LogP contribution is 2.44. The number of aromatic nitrogens is 2. The van der Waals surface area contributed by atoms with Crippen molar-refractivity contribution in [1.29, 1.82) is 0 Å². The van der Waals surface area contributed by atoms with Gasteiger partial charge in [-0.15, -0.1) is 9.13 Å². The zero-order chi connectivity index (χ0) is 25.8. The van der Waals surface area contributed by atoms with Crippen LogP contribution in [0, 0.1) is 0 Å². The van der Waals surface area contributed by atoms with Gasteiger partial charge in [0.1, 0.15) is 20.9 Å². The average molecular weight is 535 g/mol. The topological polar surface area (TPSA) is 26.2 Å². The van der Waals surface area contributed by atoms with Crippen LogP contribution in [0.5, 0.6) is 11.5 Å². The van der Waals surface area contributed by atoms with Crippen LogP contribution in [0.25, 0.3) is 52.7 Å². The normalized spacial score (nSPS) is 16.2. The minimum Gasteiger partial charge on any atom is -0.431 e. The highest BCUT2D eigenvalue weighted by molar-refractivity contribution is 7.21. The van der Waals surface area contributed by atoms with E-state index >= 15 is 0 Å². The second kappa shape index (κ2) is 7.43. The average Bonchev–Trinajstić information content (AvgIpc) is 3.48. The summed E-state index contributed by atoms with van der Waals surface area (Å²) in [5.74, 6) is 1.89. The summed E-state index contributed by atoms with van der Waals surface area (Å²) in [7, 11) is 0. The fraction of sp³-hybridized carbons (Fsp3) is 0.188. The minimum atomic E-state index is -0.458. The molecule has 0 atom stereocenters. The molecule has 8 rings (SSSR count). The molecule has 2 aromatic heterocycles. The first-order chi connectivity index (χ1) is 18.3. The van der Waals surface area contributed by atoms with Gasteiger partial charge in [-0.05, 0) is 59.7 Å². The predicted molar refractivity (Wildman–Crippen MR) is 154 cm³/mol. The van der Waals surface area contributed by atoms with E-state index in [1.807, 2.05) is 34.8 Å². The molecule has 0 unspecified atom stereocenters. The van der Waals surface area contributed by atoms with Gasteiger partial charge in [0.15, 0.2) is 0 Å². The Morgan fingerprint density at radius 3 is 1.42 bits per heavy atom. The summed E-state index contributed by atoms with van der Waals surface area (Å²) in [6, 6.07) is 30.3. The van der Waals surface area contributed by atoms with E-state index < -0.39 is 11.4 Å². The summed E-state index contributed by atoms with van der Waals surface area (Å²) in [4.78, 5) is 0. The van der Waals surface area contributed by atoms with E-state index in [9.17, 15) is 0 Å². The Labute approximate surface area is 229 Å². The molecule has 4 heterocycles. The molecule has 0 saturated heterocycles. The Morgan fingerprint density at radius 2 is 0.974 bits per heavy atom. The highest BCUT2D eigenvalue weighted by atomic mass is 32.1. The molecule has 4 aromatic carbocycles. The van der Waals surface area contributed by atoms with Gasteiger partial charge in [0.05, 0.1) is 11.1 Å². The Kier molecular flexibility index (Phi) is 4.35. The van der Waals surface area contributed by atoms with Crippen LogP contribution < -0.4 is 18.6 Å². The lowest BCUT2D eigenvalue weighted by Crippen LogP contribution is -2.58.